The highest BCUT2D eigenvalue weighted by Crippen LogP contribution is 2.25. The number of hydrogen-bond donors (Lipinski definition) is 1. The van der Waals surface area contributed by atoms with Gasteiger partial charge >= 0.3 is 0 Å². The molecule has 0 radical (unpaired) electrons. The maximum absolute atomic E-state index is 6.13. The molecule has 0 aromatic heterocycles. The van der Waals surface area contributed by atoms with Gasteiger partial charge < -0.3 is 5.73 Å². The molecule has 1 aromatic rings. The van der Waals surface area contributed by atoms with Crippen molar-refractivity contribution in [2.45, 2.75) is 52.1 Å². The zero-order valence-corrected chi connectivity index (χ0v) is 14.8. The van der Waals surface area contributed by atoms with Crippen molar-refractivity contribution in [3.05, 3.63) is 35.4 Å². The number of benzene rings is 1. The first-order valence-corrected chi connectivity index (χ1v) is 8.88. The molecule has 1 aromatic carbocycles. The zero-order chi connectivity index (χ0) is 16.1. The van der Waals surface area contributed by atoms with Gasteiger partial charge in [-0.25, -0.2) is 0 Å². The van der Waals surface area contributed by atoms with Crippen LogP contribution in [0.25, 0.3) is 0 Å². The molecule has 1 aliphatic rings. The molecule has 22 heavy (non-hydrogen) atoms. The molecule has 1 aliphatic heterocycles. The quantitative estimate of drug-likeness (QED) is 0.876. The third-order valence-electron chi connectivity index (χ3n) is 5.17. The van der Waals surface area contributed by atoms with Crippen LogP contribution in [0.5, 0.6) is 0 Å². The van der Waals surface area contributed by atoms with Crippen LogP contribution in [0.4, 0.5) is 0 Å². The Morgan fingerprint density at radius 3 is 2.23 bits per heavy atom. The molecule has 2 rings (SSSR count). The molecule has 0 spiro atoms. The molecule has 124 valence electrons. The van der Waals surface area contributed by atoms with E-state index in [1.54, 1.807) is 0 Å². The lowest BCUT2D eigenvalue weighted by molar-refractivity contribution is 0.0509. The normalized spacial score (nSPS) is 22.2. The summed E-state index contributed by atoms with van der Waals surface area (Å²) in [6.45, 7) is 14.3. The third kappa shape index (κ3) is 3.89. The Morgan fingerprint density at radius 2 is 1.73 bits per heavy atom. The van der Waals surface area contributed by atoms with E-state index in [-0.39, 0.29) is 0 Å². The van der Waals surface area contributed by atoms with Gasteiger partial charge in [0, 0.05) is 38.3 Å². The van der Waals surface area contributed by atoms with Gasteiger partial charge in [-0.05, 0) is 30.0 Å². The Kier molecular flexibility index (Phi) is 6.42. The van der Waals surface area contributed by atoms with E-state index in [0.717, 1.165) is 26.2 Å². The van der Waals surface area contributed by atoms with Crippen LogP contribution >= 0.6 is 0 Å². The van der Waals surface area contributed by atoms with E-state index in [1.807, 2.05) is 0 Å². The summed E-state index contributed by atoms with van der Waals surface area (Å²) in [5.74, 6) is 0.586. The number of nitrogens with zero attached hydrogens (tertiary/aromatic N) is 2. The van der Waals surface area contributed by atoms with Crippen molar-refractivity contribution in [2.75, 3.05) is 32.7 Å². The van der Waals surface area contributed by atoms with Crippen molar-refractivity contribution in [3.8, 4) is 0 Å². The highest BCUT2D eigenvalue weighted by atomic mass is 15.3. The first kappa shape index (κ1) is 17.5. The standard InChI is InChI=1S/C19H33N3/c1-5-18-14-22(12-11-21(18)6-2)19(13-20)17-9-7-16(8-10-17)15(3)4/h7-10,15,18-19H,5-6,11-14,20H2,1-4H3. The van der Waals surface area contributed by atoms with Crippen LogP contribution in [0.15, 0.2) is 24.3 Å². The maximum Gasteiger partial charge on any atom is 0.0471 e. The summed E-state index contributed by atoms with van der Waals surface area (Å²) in [5.41, 5.74) is 8.90. The third-order valence-corrected chi connectivity index (χ3v) is 5.17. The minimum Gasteiger partial charge on any atom is -0.329 e. The van der Waals surface area contributed by atoms with Gasteiger partial charge in [-0.1, -0.05) is 52.0 Å². The maximum atomic E-state index is 6.13. The molecule has 1 heterocycles. The molecular formula is C19H33N3. The van der Waals surface area contributed by atoms with Crippen molar-refractivity contribution >= 4 is 0 Å². The number of nitrogens with two attached hydrogens (primary N) is 1. The van der Waals surface area contributed by atoms with Crippen molar-refractivity contribution in [3.63, 3.8) is 0 Å². The highest BCUT2D eigenvalue weighted by molar-refractivity contribution is 5.27. The summed E-state index contributed by atoms with van der Waals surface area (Å²) in [6, 6.07) is 10.1. The predicted octanol–water partition coefficient (Wildman–Crippen LogP) is 3.23. The van der Waals surface area contributed by atoms with Crippen LogP contribution in [-0.2, 0) is 0 Å². The first-order valence-electron chi connectivity index (χ1n) is 8.88. The summed E-state index contributed by atoms with van der Waals surface area (Å²) in [5, 5.41) is 0. The van der Waals surface area contributed by atoms with E-state index in [1.165, 1.54) is 17.5 Å². The average molecular weight is 303 g/mol. The van der Waals surface area contributed by atoms with Crippen molar-refractivity contribution in [1.29, 1.82) is 0 Å². The SMILES string of the molecule is CCC1CN(C(CN)c2ccc(C(C)C)cc2)CCN1CC. The van der Waals surface area contributed by atoms with Crippen molar-refractivity contribution < 1.29 is 0 Å². The molecule has 2 atom stereocenters. The molecule has 3 nitrogen and oxygen atoms in total. The Balaban J connectivity index is 2.11. The van der Waals surface area contributed by atoms with Gasteiger partial charge in [0.2, 0.25) is 0 Å². The second-order valence-electron chi connectivity index (χ2n) is 6.76. The molecule has 2 unspecified atom stereocenters. The Bertz CT molecular complexity index is 440. The van der Waals surface area contributed by atoms with Gasteiger partial charge in [0.05, 0.1) is 0 Å². The monoisotopic (exact) mass is 303 g/mol. The van der Waals surface area contributed by atoms with Gasteiger partial charge in [0.15, 0.2) is 0 Å². The first-order chi connectivity index (χ1) is 10.6. The minimum atomic E-state index is 0.356. The van der Waals surface area contributed by atoms with Gasteiger partial charge in [-0.3, -0.25) is 9.80 Å². The van der Waals surface area contributed by atoms with Crippen molar-refractivity contribution in [2.24, 2.45) is 5.73 Å². The summed E-state index contributed by atoms with van der Waals surface area (Å²) >= 11 is 0. The lowest BCUT2D eigenvalue weighted by atomic mass is 9.97. The van der Waals surface area contributed by atoms with Crippen LogP contribution in [0, 0.1) is 0 Å². The van der Waals surface area contributed by atoms with E-state index < -0.39 is 0 Å². The lowest BCUT2D eigenvalue weighted by Crippen LogP contribution is -2.54. The Hall–Kier alpha value is -0.900. The van der Waals surface area contributed by atoms with E-state index in [2.05, 4.69) is 61.8 Å². The van der Waals surface area contributed by atoms with Crippen LogP contribution in [0.3, 0.4) is 0 Å². The van der Waals surface area contributed by atoms with Gasteiger partial charge in [-0.2, -0.15) is 0 Å². The van der Waals surface area contributed by atoms with Gasteiger partial charge in [-0.15, -0.1) is 0 Å². The van der Waals surface area contributed by atoms with Gasteiger partial charge in [0.1, 0.15) is 0 Å². The van der Waals surface area contributed by atoms with Crippen LogP contribution in [0.1, 0.15) is 57.2 Å². The smallest absolute Gasteiger partial charge is 0.0471 e. The van der Waals surface area contributed by atoms with E-state index in [4.69, 9.17) is 5.73 Å². The molecule has 0 bridgehead atoms. The summed E-state index contributed by atoms with van der Waals surface area (Å²) in [4.78, 5) is 5.19. The van der Waals surface area contributed by atoms with Gasteiger partial charge in [0.25, 0.3) is 0 Å². The number of rotatable bonds is 6. The molecule has 0 amide bonds. The second kappa shape index (κ2) is 8.09. The number of hydrogen-bond acceptors (Lipinski definition) is 3. The fraction of sp³-hybridized carbons (Fsp3) is 0.684. The zero-order valence-electron chi connectivity index (χ0n) is 14.8. The fourth-order valence-corrected chi connectivity index (χ4v) is 3.60. The highest BCUT2D eigenvalue weighted by Gasteiger charge is 2.29. The predicted molar refractivity (Wildman–Crippen MR) is 95.2 cm³/mol. The van der Waals surface area contributed by atoms with Crippen LogP contribution in [-0.4, -0.2) is 48.6 Å². The summed E-state index contributed by atoms with van der Waals surface area (Å²) < 4.78 is 0. The average Bonchev–Trinajstić information content (AvgIpc) is 2.55. The molecule has 1 saturated heterocycles. The fourth-order valence-electron chi connectivity index (χ4n) is 3.60. The lowest BCUT2D eigenvalue weighted by Gasteiger charge is -2.44. The molecule has 2 N–H and O–H groups in total. The van der Waals surface area contributed by atoms with E-state index in [9.17, 15) is 0 Å². The number of piperazine rings is 1. The Morgan fingerprint density at radius 1 is 1.09 bits per heavy atom. The largest absolute Gasteiger partial charge is 0.329 e. The molecule has 3 heteroatoms. The van der Waals surface area contributed by atoms with Crippen LogP contribution in [0.2, 0.25) is 0 Å². The summed E-state index contributed by atoms with van der Waals surface area (Å²) in [6.07, 6.45) is 1.22. The van der Waals surface area contributed by atoms with Crippen LogP contribution < -0.4 is 5.73 Å². The molecule has 1 fully saturated rings. The van der Waals surface area contributed by atoms with E-state index in [0.29, 0.717) is 24.5 Å². The second-order valence-corrected chi connectivity index (χ2v) is 6.76. The number of likely N-dealkylation sites (N-methyl/N-ethyl adjacent to an activating group) is 1. The molecule has 0 aliphatic carbocycles. The Labute approximate surface area is 136 Å². The van der Waals surface area contributed by atoms with E-state index >= 15 is 0 Å². The molecular weight excluding hydrogens is 270 g/mol. The van der Waals surface area contributed by atoms with Crippen molar-refractivity contribution in [1.82, 2.24) is 9.80 Å². The topological polar surface area (TPSA) is 32.5 Å². The summed E-state index contributed by atoms with van der Waals surface area (Å²) in [7, 11) is 0. The molecule has 0 saturated carbocycles. The minimum absolute atomic E-state index is 0.356.